The Labute approximate surface area is 153 Å². The highest BCUT2D eigenvalue weighted by atomic mass is 16.2. The van der Waals surface area contributed by atoms with Crippen molar-refractivity contribution in [2.24, 2.45) is 7.05 Å². The molecule has 0 unspecified atom stereocenters. The summed E-state index contributed by atoms with van der Waals surface area (Å²) in [7, 11) is 1.89. The first-order valence-electron chi connectivity index (χ1n) is 8.71. The van der Waals surface area contributed by atoms with Gasteiger partial charge < -0.3 is 10.6 Å². The number of pyridine rings is 1. The molecule has 0 aliphatic rings. The fraction of sp³-hybridized carbons (Fsp3) is 0.250. The van der Waals surface area contributed by atoms with Crippen molar-refractivity contribution in [3.8, 4) is 11.3 Å². The third kappa shape index (κ3) is 4.92. The number of carbonyl (C=O) groups is 1. The minimum absolute atomic E-state index is 0.172. The lowest BCUT2D eigenvalue weighted by Crippen LogP contribution is -2.35. The molecule has 3 rings (SSSR count). The standard InChI is InChI=1S/C20H23N5O/c1-25-19(17-9-12-21-13-10-17)14-18(24-25)15-23-20(26)22-11-5-8-16-6-3-2-4-7-16/h2-4,6-7,9-10,12-14H,5,8,11,15H2,1H3,(H2,22,23,26). The van der Waals surface area contributed by atoms with Gasteiger partial charge in [0.05, 0.1) is 17.9 Å². The Bertz CT molecular complexity index is 830. The van der Waals surface area contributed by atoms with Crippen LogP contribution in [0.15, 0.2) is 60.9 Å². The molecule has 0 atom stereocenters. The second-order valence-corrected chi connectivity index (χ2v) is 6.08. The van der Waals surface area contributed by atoms with E-state index >= 15 is 0 Å². The lowest BCUT2D eigenvalue weighted by atomic mass is 10.1. The highest BCUT2D eigenvalue weighted by Gasteiger charge is 2.08. The first kappa shape index (κ1) is 17.7. The average molecular weight is 349 g/mol. The zero-order valence-corrected chi connectivity index (χ0v) is 14.9. The summed E-state index contributed by atoms with van der Waals surface area (Å²) in [5.74, 6) is 0. The lowest BCUT2D eigenvalue weighted by molar-refractivity contribution is 0.240. The number of hydrogen-bond acceptors (Lipinski definition) is 3. The molecule has 2 aromatic heterocycles. The summed E-state index contributed by atoms with van der Waals surface area (Å²) in [6.07, 6.45) is 5.37. The van der Waals surface area contributed by atoms with E-state index in [4.69, 9.17) is 0 Å². The molecule has 0 spiro atoms. The van der Waals surface area contributed by atoms with E-state index in [1.807, 2.05) is 48.1 Å². The number of hydrogen-bond donors (Lipinski definition) is 2. The predicted molar refractivity (Wildman–Crippen MR) is 101 cm³/mol. The number of rotatable bonds is 7. The fourth-order valence-corrected chi connectivity index (χ4v) is 2.78. The van der Waals surface area contributed by atoms with E-state index in [-0.39, 0.29) is 6.03 Å². The molecule has 6 heteroatoms. The molecule has 26 heavy (non-hydrogen) atoms. The van der Waals surface area contributed by atoms with Gasteiger partial charge in [0.15, 0.2) is 0 Å². The lowest BCUT2D eigenvalue weighted by Gasteiger charge is -2.06. The van der Waals surface area contributed by atoms with E-state index in [2.05, 4.69) is 32.8 Å². The van der Waals surface area contributed by atoms with Crippen LogP contribution in [0.5, 0.6) is 0 Å². The van der Waals surface area contributed by atoms with Gasteiger partial charge in [-0.15, -0.1) is 0 Å². The summed E-state index contributed by atoms with van der Waals surface area (Å²) >= 11 is 0. The molecule has 0 saturated heterocycles. The molecule has 0 saturated carbocycles. The molecule has 3 aromatic rings. The van der Waals surface area contributed by atoms with Crippen LogP contribution in [0.25, 0.3) is 11.3 Å². The molecule has 0 bridgehead atoms. The van der Waals surface area contributed by atoms with Gasteiger partial charge in [-0.25, -0.2) is 4.79 Å². The fourth-order valence-electron chi connectivity index (χ4n) is 2.78. The molecule has 0 fully saturated rings. The van der Waals surface area contributed by atoms with Crippen molar-refractivity contribution in [1.82, 2.24) is 25.4 Å². The van der Waals surface area contributed by atoms with E-state index in [1.54, 1.807) is 12.4 Å². The highest BCUT2D eigenvalue weighted by molar-refractivity contribution is 5.73. The van der Waals surface area contributed by atoms with Crippen LogP contribution < -0.4 is 10.6 Å². The molecular weight excluding hydrogens is 326 g/mol. The maximum atomic E-state index is 11.9. The molecule has 0 radical (unpaired) electrons. The van der Waals surface area contributed by atoms with Gasteiger partial charge in [0.25, 0.3) is 0 Å². The van der Waals surface area contributed by atoms with Crippen LogP contribution in [0.3, 0.4) is 0 Å². The van der Waals surface area contributed by atoms with E-state index in [0.717, 1.165) is 29.8 Å². The van der Waals surface area contributed by atoms with Crippen molar-refractivity contribution in [2.75, 3.05) is 6.54 Å². The zero-order chi connectivity index (χ0) is 18.2. The Morgan fingerprint density at radius 2 is 1.85 bits per heavy atom. The van der Waals surface area contributed by atoms with E-state index in [0.29, 0.717) is 13.1 Å². The van der Waals surface area contributed by atoms with Gasteiger partial charge in [-0.05, 0) is 36.6 Å². The van der Waals surface area contributed by atoms with Crippen LogP contribution in [0.2, 0.25) is 0 Å². The molecule has 1 aromatic carbocycles. The van der Waals surface area contributed by atoms with Gasteiger partial charge in [0.1, 0.15) is 0 Å². The Morgan fingerprint density at radius 3 is 2.62 bits per heavy atom. The molecule has 134 valence electrons. The second kappa shape index (κ2) is 8.80. The maximum Gasteiger partial charge on any atom is 0.315 e. The van der Waals surface area contributed by atoms with Gasteiger partial charge in [-0.3, -0.25) is 9.67 Å². The van der Waals surface area contributed by atoms with Gasteiger partial charge in [0.2, 0.25) is 0 Å². The minimum atomic E-state index is -0.172. The summed E-state index contributed by atoms with van der Waals surface area (Å²) in [4.78, 5) is 16.0. The Hall–Kier alpha value is -3.15. The quantitative estimate of drug-likeness (QED) is 0.644. The number of nitrogens with one attached hydrogen (secondary N) is 2. The summed E-state index contributed by atoms with van der Waals surface area (Å²) < 4.78 is 1.81. The zero-order valence-electron chi connectivity index (χ0n) is 14.9. The maximum absolute atomic E-state index is 11.9. The van der Waals surface area contributed by atoms with Gasteiger partial charge in [-0.2, -0.15) is 5.10 Å². The molecule has 2 heterocycles. The van der Waals surface area contributed by atoms with Crippen molar-refractivity contribution in [3.05, 3.63) is 72.2 Å². The summed E-state index contributed by atoms with van der Waals surface area (Å²) in [6.45, 7) is 1.04. The Morgan fingerprint density at radius 1 is 1.08 bits per heavy atom. The van der Waals surface area contributed by atoms with Crippen molar-refractivity contribution < 1.29 is 4.79 Å². The number of urea groups is 1. The van der Waals surface area contributed by atoms with Gasteiger partial charge in [-0.1, -0.05) is 30.3 Å². The monoisotopic (exact) mass is 349 g/mol. The van der Waals surface area contributed by atoms with Gasteiger partial charge >= 0.3 is 6.03 Å². The van der Waals surface area contributed by atoms with Crippen LogP contribution in [-0.4, -0.2) is 27.3 Å². The van der Waals surface area contributed by atoms with Crippen LogP contribution in [0, 0.1) is 0 Å². The van der Waals surface area contributed by atoms with Crippen LogP contribution in [0.1, 0.15) is 17.7 Å². The van der Waals surface area contributed by atoms with Crippen LogP contribution in [0.4, 0.5) is 4.79 Å². The second-order valence-electron chi connectivity index (χ2n) is 6.08. The molecule has 2 amide bonds. The van der Waals surface area contributed by atoms with Gasteiger partial charge in [0, 0.05) is 31.5 Å². The highest BCUT2D eigenvalue weighted by Crippen LogP contribution is 2.18. The largest absolute Gasteiger partial charge is 0.338 e. The van der Waals surface area contributed by atoms with Crippen molar-refractivity contribution in [1.29, 1.82) is 0 Å². The van der Waals surface area contributed by atoms with Crippen molar-refractivity contribution in [3.63, 3.8) is 0 Å². The topological polar surface area (TPSA) is 71.8 Å². The summed E-state index contributed by atoms with van der Waals surface area (Å²) in [5.41, 5.74) is 4.14. The summed E-state index contributed by atoms with van der Waals surface area (Å²) in [5, 5.41) is 10.2. The van der Waals surface area contributed by atoms with Crippen molar-refractivity contribution in [2.45, 2.75) is 19.4 Å². The number of amides is 2. The third-order valence-electron chi connectivity index (χ3n) is 4.11. The number of nitrogens with zero attached hydrogens (tertiary/aromatic N) is 3. The summed E-state index contributed by atoms with van der Waals surface area (Å²) in [6, 6.07) is 15.9. The first-order chi connectivity index (χ1) is 12.7. The Kier molecular flexibility index (Phi) is 5.98. The molecule has 0 aliphatic heterocycles. The third-order valence-corrected chi connectivity index (χ3v) is 4.11. The van der Waals surface area contributed by atoms with E-state index < -0.39 is 0 Å². The molecule has 0 aliphatic carbocycles. The predicted octanol–water partition coefficient (Wildman–Crippen LogP) is 2.91. The minimum Gasteiger partial charge on any atom is -0.338 e. The van der Waals surface area contributed by atoms with Crippen molar-refractivity contribution >= 4 is 6.03 Å². The first-order valence-corrected chi connectivity index (χ1v) is 8.71. The number of benzene rings is 1. The molecular formula is C20H23N5O. The van der Waals surface area contributed by atoms with E-state index in [9.17, 15) is 4.79 Å². The normalized spacial score (nSPS) is 10.5. The molecule has 2 N–H and O–H groups in total. The number of carbonyl (C=O) groups excluding carboxylic acids is 1. The number of aryl methyl sites for hydroxylation is 2. The van der Waals surface area contributed by atoms with Crippen LogP contribution >= 0.6 is 0 Å². The molecule has 6 nitrogen and oxygen atoms in total. The number of aromatic nitrogens is 3. The SMILES string of the molecule is Cn1nc(CNC(=O)NCCCc2ccccc2)cc1-c1ccncc1. The van der Waals surface area contributed by atoms with Crippen LogP contribution in [-0.2, 0) is 20.0 Å². The smallest absolute Gasteiger partial charge is 0.315 e. The van der Waals surface area contributed by atoms with E-state index in [1.165, 1.54) is 5.56 Å². The average Bonchev–Trinajstić information content (AvgIpc) is 3.06. The Balaban J connectivity index is 1.42.